The van der Waals surface area contributed by atoms with E-state index in [-0.39, 0.29) is 31.3 Å². The van der Waals surface area contributed by atoms with E-state index in [2.05, 4.69) is 6.92 Å². The van der Waals surface area contributed by atoms with Gasteiger partial charge in [0.25, 0.3) is 11.8 Å². The molecule has 0 heterocycles. The molecule has 0 unspecified atom stereocenters. The van der Waals surface area contributed by atoms with E-state index in [0.29, 0.717) is 29.8 Å². The van der Waals surface area contributed by atoms with Crippen LogP contribution in [0.5, 0.6) is 0 Å². The van der Waals surface area contributed by atoms with Crippen LogP contribution in [-0.2, 0) is 19.4 Å². The Morgan fingerprint density at radius 2 is 1.44 bits per heavy atom. The molecular weight excluding hydrogens is 548 g/mol. The number of unbranched alkanes of at least 4 members (excludes halogenated alkanes) is 1. The minimum absolute atomic E-state index is 0.0251. The van der Waals surface area contributed by atoms with Crippen LogP contribution in [0, 0.1) is 18.6 Å². The van der Waals surface area contributed by atoms with Crippen LogP contribution < -0.4 is 5.73 Å². The summed E-state index contributed by atoms with van der Waals surface area (Å²) in [7, 11) is 0. The average molecular weight is 594 g/mol. The van der Waals surface area contributed by atoms with Crippen molar-refractivity contribution in [2.45, 2.75) is 78.5 Å². The maximum atomic E-state index is 14.1. The van der Waals surface area contributed by atoms with Gasteiger partial charge in [0.1, 0.15) is 11.6 Å². The van der Waals surface area contributed by atoms with Crippen LogP contribution in [0.25, 0.3) is 0 Å². The molecule has 6 nitrogen and oxygen atoms in total. The number of hydrogen-bond donors (Lipinski definition) is 2. The van der Waals surface area contributed by atoms with Crippen molar-refractivity contribution in [2.24, 2.45) is 5.73 Å². The van der Waals surface area contributed by atoms with Gasteiger partial charge in [-0.1, -0.05) is 51.5 Å². The second kappa shape index (κ2) is 16.3. The van der Waals surface area contributed by atoms with Crippen molar-refractivity contribution >= 4 is 11.8 Å². The Labute approximate surface area is 254 Å². The summed E-state index contributed by atoms with van der Waals surface area (Å²) < 4.78 is 27.5. The standard InChI is InChI=1S/C35H45F2N3O3/c1-5-8-13-39(12-6-2)34(42)28-14-24(4)15-29(20-28)35(43)40(22-26-11-9-10-25(7-3)16-26)23-33(41)32(38)19-27-17-30(36)21-31(37)18-27/h9-11,14-18,20-21,32-33,41H,5-8,12-13,19,22-23,38H2,1-4H3/t32-,33+/m0/s1. The van der Waals surface area contributed by atoms with Crippen LogP contribution in [0.3, 0.4) is 0 Å². The fourth-order valence-corrected chi connectivity index (χ4v) is 5.21. The Hall–Kier alpha value is -3.62. The molecule has 0 saturated carbocycles. The number of aliphatic hydroxyl groups is 1. The summed E-state index contributed by atoms with van der Waals surface area (Å²) in [6.07, 6.45) is 2.38. The van der Waals surface area contributed by atoms with Crippen LogP contribution in [0.4, 0.5) is 8.78 Å². The molecule has 0 aliphatic heterocycles. The number of carbonyl (C=O) groups is 2. The van der Waals surface area contributed by atoms with Gasteiger partial charge in [-0.3, -0.25) is 9.59 Å². The molecule has 43 heavy (non-hydrogen) atoms. The van der Waals surface area contributed by atoms with E-state index in [9.17, 15) is 23.5 Å². The maximum absolute atomic E-state index is 14.1. The Morgan fingerprint density at radius 1 is 0.814 bits per heavy atom. The van der Waals surface area contributed by atoms with Gasteiger partial charge in [0.2, 0.25) is 0 Å². The highest BCUT2D eigenvalue weighted by Crippen LogP contribution is 2.19. The summed E-state index contributed by atoms with van der Waals surface area (Å²) in [4.78, 5) is 30.9. The molecular formula is C35H45F2N3O3. The molecule has 0 aliphatic carbocycles. The first-order chi connectivity index (χ1) is 20.5. The number of amides is 2. The van der Waals surface area contributed by atoms with Crippen LogP contribution in [0.1, 0.15) is 83.0 Å². The normalized spacial score (nSPS) is 12.6. The van der Waals surface area contributed by atoms with E-state index in [0.717, 1.165) is 48.4 Å². The number of rotatable bonds is 15. The lowest BCUT2D eigenvalue weighted by Gasteiger charge is -2.29. The second-order valence-electron chi connectivity index (χ2n) is 11.3. The van der Waals surface area contributed by atoms with Gasteiger partial charge in [-0.2, -0.15) is 0 Å². The monoisotopic (exact) mass is 593 g/mol. The topological polar surface area (TPSA) is 86.9 Å². The Kier molecular flexibility index (Phi) is 12.8. The molecule has 2 amide bonds. The Morgan fingerprint density at radius 3 is 2.05 bits per heavy atom. The first-order valence-corrected chi connectivity index (χ1v) is 15.2. The summed E-state index contributed by atoms with van der Waals surface area (Å²) >= 11 is 0. The number of aliphatic hydroxyl groups excluding tert-OH is 1. The summed E-state index contributed by atoms with van der Waals surface area (Å²) in [6, 6.07) is 15.3. The number of benzene rings is 3. The molecule has 3 N–H and O–H groups in total. The van der Waals surface area contributed by atoms with Crippen LogP contribution in [0.15, 0.2) is 60.7 Å². The highest BCUT2D eigenvalue weighted by molar-refractivity contribution is 6.00. The number of nitrogens with zero attached hydrogens (tertiary/aromatic N) is 2. The molecule has 0 spiro atoms. The summed E-state index contributed by atoms with van der Waals surface area (Å²) in [5.41, 5.74) is 10.2. The smallest absolute Gasteiger partial charge is 0.254 e. The minimum Gasteiger partial charge on any atom is -0.390 e. The van der Waals surface area contributed by atoms with Gasteiger partial charge in [0, 0.05) is 49.4 Å². The molecule has 3 rings (SSSR count). The van der Waals surface area contributed by atoms with E-state index in [4.69, 9.17) is 5.73 Å². The number of halogens is 2. The Bertz CT molecular complexity index is 1360. The zero-order chi connectivity index (χ0) is 31.5. The quantitative estimate of drug-likeness (QED) is 0.224. The van der Waals surface area contributed by atoms with Crippen molar-refractivity contribution in [1.82, 2.24) is 9.80 Å². The van der Waals surface area contributed by atoms with Crippen LogP contribution in [0.2, 0.25) is 0 Å². The number of carbonyl (C=O) groups excluding carboxylic acids is 2. The van der Waals surface area contributed by atoms with Crippen molar-refractivity contribution in [3.05, 3.63) is 106 Å². The van der Waals surface area contributed by atoms with Crippen molar-refractivity contribution in [3.63, 3.8) is 0 Å². The zero-order valence-corrected chi connectivity index (χ0v) is 25.8. The average Bonchev–Trinajstić information content (AvgIpc) is 2.97. The SMILES string of the molecule is CCCCN(CCC)C(=O)c1cc(C)cc(C(=O)N(Cc2cccc(CC)c2)C[C@@H](O)[C@@H](N)Cc2cc(F)cc(F)c2)c1. The van der Waals surface area contributed by atoms with Gasteiger partial charge < -0.3 is 20.6 Å². The van der Waals surface area contributed by atoms with E-state index >= 15 is 0 Å². The van der Waals surface area contributed by atoms with Gasteiger partial charge in [-0.05, 0) is 85.2 Å². The fourth-order valence-electron chi connectivity index (χ4n) is 5.21. The molecule has 0 fully saturated rings. The zero-order valence-electron chi connectivity index (χ0n) is 25.8. The number of nitrogens with two attached hydrogens (primary N) is 1. The van der Waals surface area contributed by atoms with E-state index in [1.165, 1.54) is 17.0 Å². The molecule has 0 bridgehead atoms. The fraction of sp³-hybridized carbons (Fsp3) is 0.429. The van der Waals surface area contributed by atoms with E-state index in [1.807, 2.05) is 49.9 Å². The predicted molar refractivity (Wildman–Crippen MR) is 167 cm³/mol. The number of aryl methyl sites for hydroxylation is 2. The van der Waals surface area contributed by atoms with Crippen LogP contribution in [-0.4, -0.2) is 58.5 Å². The third kappa shape index (κ3) is 9.97. The predicted octanol–water partition coefficient (Wildman–Crippen LogP) is 6.06. The van der Waals surface area contributed by atoms with Crippen molar-refractivity contribution in [1.29, 1.82) is 0 Å². The lowest BCUT2D eigenvalue weighted by Crippen LogP contribution is -2.46. The molecule has 0 radical (unpaired) electrons. The molecule has 3 aromatic rings. The van der Waals surface area contributed by atoms with E-state index < -0.39 is 23.8 Å². The van der Waals surface area contributed by atoms with E-state index in [1.54, 1.807) is 18.2 Å². The van der Waals surface area contributed by atoms with Crippen molar-refractivity contribution in [2.75, 3.05) is 19.6 Å². The van der Waals surface area contributed by atoms with Crippen molar-refractivity contribution < 1.29 is 23.5 Å². The summed E-state index contributed by atoms with van der Waals surface area (Å²) in [5, 5.41) is 11.1. The van der Waals surface area contributed by atoms with Crippen molar-refractivity contribution in [3.8, 4) is 0 Å². The third-order valence-corrected chi connectivity index (χ3v) is 7.49. The molecule has 0 aliphatic rings. The minimum atomic E-state index is -1.18. The molecule has 3 aromatic carbocycles. The first-order valence-electron chi connectivity index (χ1n) is 15.2. The first kappa shape index (κ1) is 33.9. The Balaban J connectivity index is 1.91. The molecule has 8 heteroatoms. The summed E-state index contributed by atoms with van der Waals surface area (Å²) in [5.74, 6) is -1.90. The maximum Gasteiger partial charge on any atom is 0.254 e. The molecule has 232 valence electrons. The largest absolute Gasteiger partial charge is 0.390 e. The third-order valence-electron chi connectivity index (χ3n) is 7.49. The van der Waals surface area contributed by atoms with Gasteiger partial charge >= 0.3 is 0 Å². The van der Waals surface area contributed by atoms with Gasteiger partial charge in [0.15, 0.2) is 0 Å². The van der Waals surface area contributed by atoms with Crippen LogP contribution >= 0.6 is 0 Å². The lowest BCUT2D eigenvalue weighted by molar-refractivity contribution is 0.0554. The highest BCUT2D eigenvalue weighted by Gasteiger charge is 2.25. The van der Waals surface area contributed by atoms with Gasteiger partial charge in [-0.15, -0.1) is 0 Å². The molecule has 2 atom stereocenters. The molecule has 0 aromatic heterocycles. The van der Waals surface area contributed by atoms with Gasteiger partial charge in [0.05, 0.1) is 6.10 Å². The number of hydrogen-bond acceptors (Lipinski definition) is 4. The summed E-state index contributed by atoms with van der Waals surface area (Å²) in [6.45, 7) is 9.40. The highest BCUT2D eigenvalue weighted by atomic mass is 19.1. The lowest BCUT2D eigenvalue weighted by atomic mass is 10.00. The second-order valence-corrected chi connectivity index (χ2v) is 11.3. The van der Waals surface area contributed by atoms with Gasteiger partial charge in [-0.25, -0.2) is 8.78 Å². The molecule has 0 saturated heterocycles.